The Labute approximate surface area is 150 Å². The summed E-state index contributed by atoms with van der Waals surface area (Å²) < 4.78 is 13.0. The molecule has 0 unspecified atom stereocenters. The molecule has 0 saturated carbocycles. The molecule has 7 heteroatoms. The van der Waals surface area contributed by atoms with Gasteiger partial charge in [0.15, 0.2) is 5.65 Å². The zero-order chi connectivity index (χ0) is 17.9. The lowest BCUT2D eigenvalue weighted by Crippen LogP contribution is -2.40. The molecule has 1 amide bonds. The maximum atomic E-state index is 13.0. The van der Waals surface area contributed by atoms with Crippen molar-refractivity contribution in [3.05, 3.63) is 54.7 Å². The van der Waals surface area contributed by atoms with Crippen LogP contribution in [0.1, 0.15) is 12.8 Å². The van der Waals surface area contributed by atoms with Crippen LogP contribution in [0.4, 0.5) is 15.8 Å². The van der Waals surface area contributed by atoms with Crippen molar-refractivity contribution in [2.24, 2.45) is 5.92 Å². The first-order valence-corrected chi connectivity index (χ1v) is 8.57. The molecule has 1 atom stereocenters. The molecule has 26 heavy (non-hydrogen) atoms. The fourth-order valence-corrected chi connectivity index (χ4v) is 3.22. The average Bonchev–Trinajstić information content (AvgIpc) is 2.69. The van der Waals surface area contributed by atoms with Gasteiger partial charge in [0.1, 0.15) is 11.3 Å². The Balaban J connectivity index is 1.47. The van der Waals surface area contributed by atoms with Gasteiger partial charge in [-0.25, -0.2) is 14.4 Å². The minimum absolute atomic E-state index is 0.0464. The van der Waals surface area contributed by atoms with Gasteiger partial charge >= 0.3 is 0 Å². The third kappa shape index (κ3) is 3.46. The Kier molecular flexibility index (Phi) is 4.43. The van der Waals surface area contributed by atoms with Crippen LogP contribution in [0.5, 0.6) is 0 Å². The number of pyridine rings is 1. The number of amides is 1. The molecule has 6 nitrogen and oxygen atoms in total. The molecule has 0 spiro atoms. The van der Waals surface area contributed by atoms with Crippen molar-refractivity contribution < 1.29 is 9.18 Å². The highest BCUT2D eigenvalue weighted by atomic mass is 19.1. The van der Waals surface area contributed by atoms with Gasteiger partial charge in [0.25, 0.3) is 0 Å². The van der Waals surface area contributed by atoms with Gasteiger partial charge in [-0.2, -0.15) is 0 Å². The van der Waals surface area contributed by atoms with E-state index in [4.69, 9.17) is 0 Å². The van der Waals surface area contributed by atoms with Crippen LogP contribution in [-0.2, 0) is 4.79 Å². The molecule has 132 valence electrons. The van der Waals surface area contributed by atoms with Crippen LogP contribution in [-0.4, -0.2) is 33.9 Å². The standard InChI is InChI=1S/C19H18FN5O/c20-14-3-5-15(6-4-14)24-19(26)13-2-1-9-25(12-13)16-10-17-18(23-11-16)22-8-7-21-17/h3-8,10-11,13H,1-2,9,12H2,(H,24,26)/t13-/m0/s1. The smallest absolute Gasteiger partial charge is 0.229 e. The first-order valence-electron chi connectivity index (χ1n) is 8.57. The highest BCUT2D eigenvalue weighted by Gasteiger charge is 2.26. The van der Waals surface area contributed by atoms with Crippen molar-refractivity contribution in [3.63, 3.8) is 0 Å². The molecule has 0 radical (unpaired) electrons. The molecule has 1 aromatic carbocycles. The Morgan fingerprint density at radius 1 is 1.15 bits per heavy atom. The molecule has 1 fully saturated rings. The Bertz CT molecular complexity index is 931. The van der Waals surface area contributed by atoms with Crippen LogP contribution in [0, 0.1) is 11.7 Å². The Hall–Kier alpha value is -3.09. The first kappa shape index (κ1) is 16.4. The molecule has 1 aliphatic rings. The topological polar surface area (TPSA) is 71.0 Å². The monoisotopic (exact) mass is 351 g/mol. The van der Waals surface area contributed by atoms with Crippen molar-refractivity contribution >= 4 is 28.4 Å². The lowest BCUT2D eigenvalue weighted by Gasteiger charge is -2.33. The van der Waals surface area contributed by atoms with Crippen LogP contribution in [0.3, 0.4) is 0 Å². The third-order valence-electron chi connectivity index (χ3n) is 4.58. The van der Waals surface area contributed by atoms with E-state index in [1.165, 1.54) is 12.1 Å². The Morgan fingerprint density at radius 2 is 1.96 bits per heavy atom. The van der Waals surface area contributed by atoms with Gasteiger partial charge in [-0.3, -0.25) is 9.78 Å². The number of fused-ring (bicyclic) bond motifs is 1. The van der Waals surface area contributed by atoms with Crippen molar-refractivity contribution in [2.45, 2.75) is 12.8 Å². The van der Waals surface area contributed by atoms with E-state index < -0.39 is 0 Å². The maximum absolute atomic E-state index is 13.0. The van der Waals surface area contributed by atoms with Crippen LogP contribution >= 0.6 is 0 Å². The van der Waals surface area contributed by atoms with Gasteiger partial charge in [-0.1, -0.05) is 0 Å². The number of hydrogen-bond donors (Lipinski definition) is 1. The van der Waals surface area contributed by atoms with E-state index in [-0.39, 0.29) is 17.6 Å². The largest absolute Gasteiger partial charge is 0.369 e. The van der Waals surface area contributed by atoms with Crippen molar-refractivity contribution in [1.29, 1.82) is 0 Å². The zero-order valence-electron chi connectivity index (χ0n) is 14.1. The van der Waals surface area contributed by atoms with Gasteiger partial charge in [0.2, 0.25) is 5.91 Å². The summed E-state index contributed by atoms with van der Waals surface area (Å²) in [6.07, 6.45) is 6.77. The minimum Gasteiger partial charge on any atom is -0.369 e. The lowest BCUT2D eigenvalue weighted by molar-refractivity contribution is -0.120. The number of piperidine rings is 1. The van der Waals surface area contributed by atoms with Crippen LogP contribution in [0.15, 0.2) is 48.9 Å². The molecule has 3 aromatic rings. The highest BCUT2D eigenvalue weighted by Crippen LogP contribution is 2.25. The number of rotatable bonds is 3. The summed E-state index contributed by atoms with van der Waals surface area (Å²) in [5, 5.41) is 2.87. The van der Waals surface area contributed by atoms with E-state index in [2.05, 4.69) is 25.2 Å². The van der Waals surface area contributed by atoms with Gasteiger partial charge in [-0.15, -0.1) is 0 Å². The summed E-state index contributed by atoms with van der Waals surface area (Å²) in [6, 6.07) is 7.77. The molecule has 4 rings (SSSR count). The molecular formula is C19H18FN5O. The van der Waals surface area contributed by atoms with Crippen LogP contribution in [0.2, 0.25) is 0 Å². The van der Waals surface area contributed by atoms with E-state index in [1.54, 1.807) is 30.7 Å². The van der Waals surface area contributed by atoms with Crippen LogP contribution < -0.4 is 10.2 Å². The summed E-state index contributed by atoms with van der Waals surface area (Å²) in [5.74, 6) is -0.500. The minimum atomic E-state index is -0.321. The third-order valence-corrected chi connectivity index (χ3v) is 4.58. The van der Waals surface area contributed by atoms with Gasteiger partial charge in [-0.05, 0) is 43.2 Å². The average molecular weight is 351 g/mol. The molecule has 1 aliphatic heterocycles. The second kappa shape index (κ2) is 7.03. The summed E-state index contributed by atoms with van der Waals surface area (Å²) in [7, 11) is 0. The zero-order valence-corrected chi connectivity index (χ0v) is 14.1. The SMILES string of the molecule is O=C(Nc1ccc(F)cc1)[C@H]1CCCN(c2cnc3nccnc3c2)C1. The van der Waals surface area contributed by atoms with E-state index >= 15 is 0 Å². The number of aromatic nitrogens is 3. The molecule has 1 saturated heterocycles. The quantitative estimate of drug-likeness (QED) is 0.785. The number of halogens is 1. The summed E-state index contributed by atoms with van der Waals surface area (Å²) in [6.45, 7) is 1.48. The molecule has 1 N–H and O–H groups in total. The Morgan fingerprint density at radius 3 is 2.81 bits per heavy atom. The lowest BCUT2D eigenvalue weighted by atomic mass is 9.96. The number of hydrogen-bond acceptors (Lipinski definition) is 5. The summed E-state index contributed by atoms with van der Waals surface area (Å²) >= 11 is 0. The van der Waals surface area contributed by atoms with E-state index in [1.807, 2.05) is 6.07 Å². The number of carbonyl (C=O) groups is 1. The van der Waals surface area contributed by atoms with Gasteiger partial charge < -0.3 is 10.2 Å². The second-order valence-electron chi connectivity index (χ2n) is 6.37. The fraction of sp³-hybridized carbons (Fsp3) is 0.263. The van der Waals surface area contributed by atoms with Gasteiger partial charge in [0.05, 0.1) is 17.8 Å². The predicted molar refractivity (Wildman–Crippen MR) is 97.3 cm³/mol. The number of nitrogens with one attached hydrogen (secondary N) is 1. The molecular weight excluding hydrogens is 333 g/mol. The van der Waals surface area contributed by atoms with Crippen molar-refractivity contribution in [2.75, 3.05) is 23.3 Å². The van der Waals surface area contributed by atoms with E-state index in [0.717, 1.165) is 30.6 Å². The van der Waals surface area contributed by atoms with Crippen molar-refractivity contribution in [1.82, 2.24) is 15.0 Å². The second-order valence-corrected chi connectivity index (χ2v) is 6.37. The molecule has 3 heterocycles. The molecule has 0 bridgehead atoms. The maximum Gasteiger partial charge on any atom is 0.229 e. The fourth-order valence-electron chi connectivity index (χ4n) is 3.22. The number of nitrogens with zero attached hydrogens (tertiary/aromatic N) is 4. The number of benzene rings is 1. The van der Waals surface area contributed by atoms with Crippen molar-refractivity contribution in [3.8, 4) is 0 Å². The predicted octanol–water partition coefficient (Wildman–Crippen LogP) is 3.02. The number of carbonyl (C=O) groups excluding carboxylic acids is 1. The summed E-state index contributed by atoms with van der Waals surface area (Å²) in [5.41, 5.74) is 2.90. The van der Waals surface area contributed by atoms with Crippen LogP contribution in [0.25, 0.3) is 11.2 Å². The molecule has 0 aliphatic carbocycles. The molecule has 2 aromatic heterocycles. The summed E-state index contributed by atoms with van der Waals surface area (Å²) in [4.78, 5) is 27.5. The van der Waals surface area contributed by atoms with Gasteiger partial charge in [0, 0.05) is 31.2 Å². The first-order chi connectivity index (χ1) is 12.7. The number of anilines is 2. The van der Waals surface area contributed by atoms with E-state index in [9.17, 15) is 9.18 Å². The highest BCUT2D eigenvalue weighted by molar-refractivity contribution is 5.93. The van der Waals surface area contributed by atoms with E-state index in [0.29, 0.717) is 17.9 Å². The normalized spacial score (nSPS) is 17.3.